The summed E-state index contributed by atoms with van der Waals surface area (Å²) in [5.74, 6) is 1.43. The highest BCUT2D eigenvalue weighted by molar-refractivity contribution is 5.85. The summed E-state index contributed by atoms with van der Waals surface area (Å²) in [5.41, 5.74) is 9.27. The standard InChI is InChI=1S/C18H15N5O2/c1-25-14-5-2-11(3-6-14)17-22-15-7-4-12(8-16(15)23(17)24)13-9-20-18(19)21-10-13/h2-10,24H,1H3,(H2,19,20,21). The number of hydrogen-bond donors (Lipinski definition) is 2. The molecule has 3 N–H and O–H groups in total. The molecular weight excluding hydrogens is 318 g/mol. The second-order valence-corrected chi connectivity index (χ2v) is 5.51. The highest BCUT2D eigenvalue weighted by atomic mass is 16.5. The van der Waals surface area contributed by atoms with Gasteiger partial charge in [-0.1, -0.05) is 6.07 Å². The molecule has 0 atom stereocenters. The summed E-state index contributed by atoms with van der Waals surface area (Å²) in [5, 5.41) is 10.6. The molecular formula is C18H15N5O2. The van der Waals surface area contributed by atoms with Gasteiger partial charge in [0.1, 0.15) is 11.3 Å². The Hall–Kier alpha value is -3.61. The van der Waals surface area contributed by atoms with E-state index in [1.54, 1.807) is 19.5 Å². The van der Waals surface area contributed by atoms with Crippen molar-refractivity contribution >= 4 is 17.0 Å². The quantitative estimate of drug-likeness (QED) is 0.559. The largest absolute Gasteiger partial charge is 0.497 e. The molecule has 0 unspecified atom stereocenters. The molecule has 2 aromatic heterocycles. The van der Waals surface area contributed by atoms with Crippen LogP contribution in [0.2, 0.25) is 0 Å². The van der Waals surface area contributed by atoms with Crippen molar-refractivity contribution < 1.29 is 9.94 Å². The fraction of sp³-hybridized carbons (Fsp3) is 0.0556. The monoisotopic (exact) mass is 333 g/mol. The van der Waals surface area contributed by atoms with E-state index in [9.17, 15) is 5.21 Å². The van der Waals surface area contributed by atoms with Gasteiger partial charge in [0.15, 0.2) is 5.82 Å². The van der Waals surface area contributed by atoms with Gasteiger partial charge in [0.25, 0.3) is 0 Å². The third-order valence-corrected chi connectivity index (χ3v) is 3.98. The molecule has 2 heterocycles. The number of nitrogens with zero attached hydrogens (tertiary/aromatic N) is 4. The molecule has 7 heteroatoms. The zero-order chi connectivity index (χ0) is 17.4. The Morgan fingerprint density at radius 2 is 1.64 bits per heavy atom. The van der Waals surface area contributed by atoms with Crippen LogP contribution in [0.5, 0.6) is 5.75 Å². The average Bonchev–Trinajstić information content (AvgIpc) is 2.99. The van der Waals surface area contributed by atoms with E-state index in [1.165, 1.54) is 0 Å². The highest BCUT2D eigenvalue weighted by Crippen LogP contribution is 2.28. The number of anilines is 1. The number of methoxy groups -OCH3 is 1. The molecule has 0 aliphatic carbocycles. The number of nitrogens with two attached hydrogens (primary N) is 1. The molecule has 124 valence electrons. The van der Waals surface area contributed by atoms with Crippen molar-refractivity contribution in [1.82, 2.24) is 19.7 Å². The van der Waals surface area contributed by atoms with Gasteiger partial charge >= 0.3 is 0 Å². The first-order valence-electron chi connectivity index (χ1n) is 7.60. The molecule has 2 aromatic carbocycles. The van der Waals surface area contributed by atoms with E-state index in [-0.39, 0.29) is 5.95 Å². The van der Waals surface area contributed by atoms with Crippen molar-refractivity contribution in [3.63, 3.8) is 0 Å². The van der Waals surface area contributed by atoms with E-state index in [0.717, 1.165) is 27.2 Å². The summed E-state index contributed by atoms with van der Waals surface area (Å²) in [7, 11) is 1.61. The Balaban J connectivity index is 1.80. The van der Waals surface area contributed by atoms with Gasteiger partial charge in [0.05, 0.1) is 12.6 Å². The van der Waals surface area contributed by atoms with Crippen LogP contribution in [-0.4, -0.2) is 32.0 Å². The van der Waals surface area contributed by atoms with E-state index in [0.29, 0.717) is 16.9 Å². The zero-order valence-electron chi connectivity index (χ0n) is 13.4. The lowest BCUT2D eigenvalue weighted by Crippen LogP contribution is -1.95. The minimum absolute atomic E-state index is 0.221. The van der Waals surface area contributed by atoms with Gasteiger partial charge in [0, 0.05) is 23.5 Å². The molecule has 0 aliphatic rings. The Labute approximate surface area is 143 Å². The average molecular weight is 333 g/mol. The molecule has 0 amide bonds. The van der Waals surface area contributed by atoms with Crippen LogP contribution in [0.3, 0.4) is 0 Å². The van der Waals surface area contributed by atoms with Crippen LogP contribution in [0.25, 0.3) is 33.5 Å². The molecule has 0 saturated heterocycles. The molecule has 0 spiro atoms. The molecule has 4 aromatic rings. The molecule has 4 rings (SSSR count). The second kappa shape index (κ2) is 5.79. The van der Waals surface area contributed by atoms with E-state index >= 15 is 0 Å². The van der Waals surface area contributed by atoms with Crippen LogP contribution in [0.15, 0.2) is 54.9 Å². The predicted octanol–water partition coefficient (Wildman–Crippen LogP) is 2.99. The SMILES string of the molecule is COc1ccc(-c2nc3ccc(-c4cnc(N)nc4)cc3n2O)cc1. The topological polar surface area (TPSA) is 99.1 Å². The van der Waals surface area contributed by atoms with Crippen LogP contribution in [-0.2, 0) is 0 Å². The van der Waals surface area contributed by atoms with Crippen molar-refractivity contribution in [2.45, 2.75) is 0 Å². The lowest BCUT2D eigenvalue weighted by atomic mass is 10.1. The molecule has 0 aliphatic heterocycles. The van der Waals surface area contributed by atoms with Gasteiger partial charge in [-0.2, -0.15) is 4.73 Å². The zero-order valence-corrected chi connectivity index (χ0v) is 13.4. The van der Waals surface area contributed by atoms with Gasteiger partial charge in [-0.05, 0) is 42.0 Å². The second-order valence-electron chi connectivity index (χ2n) is 5.51. The van der Waals surface area contributed by atoms with Gasteiger partial charge in [-0.25, -0.2) is 15.0 Å². The summed E-state index contributed by atoms with van der Waals surface area (Å²) in [6.45, 7) is 0. The summed E-state index contributed by atoms with van der Waals surface area (Å²) in [4.78, 5) is 12.5. The Kier molecular flexibility index (Phi) is 3.46. The predicted molar refractivity (Wildman–Crippen MR) is 94.3 cm³/mol. The van der Waals surface area contributed by atoms with E-state index in [1.807, 2.05) is 42.5 Å². The van der Waals surface area contributed by atoms with Crippen LogP contribution in [0, 0.1) is 0 Å². The number of rotatable bonds is 3. The minimum Gasteiger partial charge on any atom is -0.497 e. The van der Waals surface area contributed by atoms with E-state index in [4.69, 9.17) is 10.5 Å². The number of fused-ring (bicyclic) bond motifs is 1. The number of aromatic nitrogens is 4. The molecule has 0 bridgehead atoms. The lowest BCUT2D eigenvalue weighted by molar-refractivity contribution is 0.203. The first kappa shape index (κ1) is 14.9. The number of ether oxygens (including phenoxy) is 1. The van der Waals surface area contributed by atoms with Gasteiger partial charge in [-0.15, -0.1) is 0 Å². The van der Waals surface area contributed by atoms with Crippen molar-refractivity contribution in [2.75, 3.05) is 12.8 Å². The summed E-state index contributed by atoms with van der Waals surface area (Å²) in [6.07, 6.45) is 3.29. The van der Waals surface area contributed by atoms with Gasteiger partial charge < -0.3 is 15.7 Å². The van der Waals surface area contributed by atoms with Gasteiger partial charge in [0.2, 0.25) is 5.95 Å². The summed E-state index contributed by atoms with van der Waals surface area (Å²) in [6, 6.07) is 12.9. The molecule has 7 nitrogen and oxygen atoms in total. The molecule has 0 saturated carbocycles. The van der Waals surface area contributed by atoms with Crippen LogP contribution in [0.1, 0.15) is 0 Å². The number of imidazole rings is 1. The van der Waals surface area contributed by atoms with Crippen LogP contribution in [0.4, 0.5) is 5.95 Å². The van der Waals surface area contributed by atoms with Crippen LogP contribution >= 0.6 is 0 Å². The maximum atomic E-state index is 10.6. The first-order chi connectivity index (χ1) is 12.2. The van der Waals surface area contributed by atoms with Crippen molar-refractivity contribution in [2.24, 2.45) is 0 Å². The fourth-order valence-corrected chi connectivity index (χ4v) is 2.66. The minimum atomic E-state index is 0.221. The summed E-state index contributed by atoms with van der Waals surface area (Å²) >= 11 is 0. The Morgan fingerprint density at radius 3 is 2.32 bits per heavy atom. The fourth-order valence-electron chi connectivity index (χ4n) is 2.66. The molecule has 25 heavy (non-hydrogen) atoms. The third kappa shape index (κ3) is 2.61. The van der Waals surface area contributed by atoms with E-state index < -0.39 is 0 Å². The number of nitrogen functional groups attached to an aromatic ring is 1. The maximum absolute atomic E-state index is 10.6. The van der Waals surface area contributed by atoms with Crippen LogP contribution < -0.4 is 10.5 Å². The number of benzene rings is 2. The Morgan fingerprint density at radius 1 is 0.960 bits per heavy atom. The molecule has 0 radical (unpaired) electrons. The normalized spacial score (nSPS) is 10.9. The van der Waals surface area contributed by atoms with Crippen molar-refractivity contribution in [3.05, 3.63) is 54.9 Å². The number of hydrogen-bond acceptors (Lipinski definition) is 6. The summed E-state index contributed by atoms with van der Waals surface area (Å²) < 4.78 is 6.24. The first-order valence-corrected chi connectivity index (χ1v) is 7.60. The van der Waals surface area contributed by atoms with Gasteiger partial charge in [-0.3, -0.25) is 0 Å². The van der Waals surface area contributed by atoms with Crippen molar-refractivity contribution in [1.29, 1.82) is 0 Å². The Bertz CT molecular complexity index is 1040. The molecule has 0 fully saturated rings. The maximum Gasteiger partial charge on any atom is 0.219 e. The smallest absolute Gasteiger partial charge is 0.219 e. The van der Waals surface area contributed by atoms with Crippen molar-refractivity contribution in [3.8, 4) is 28.3 Å². The lowest BCUT2D eigenvalue weighted by Gasteiger charge is -2.04. The third-order valence-electron chi connectivity index (χ3n) is 3.98. The van der Waals surface area contributed by atoms with E-state index in [2.05, 4.69) is 15.0 Å². The highest BCUT2D eigenvalue weighted by Gasteiger charge is 2.13.